The minimum Gasteiger partial charge on any atom is -0.266 e. The summed E-state index contributed by atoms with van der Waals surface area (Å²) < 4.78 is 25.7. The Morgan fingerprint density at radius 3 is 2.68 bits per heavy atom. The van der Waals surface area contributed by atoms with Crippen molar-refractivity contribution in [2.45, 2.75) is 4.90 Å². The molecular formula is C11H11N5O2S. The van der Waals surface area contributed by atoms with Crippen molar-refractivity contribution in [2.75, 3.05) is 0 Å². The van der Waals surface area contributed by atoms with Gasteiger partial charge in [0.25, 0.3) is 0 Å². The molecule has 2 N–H and O–H groups in total. The summed E-state index contributed by atoms with van der Waals surface area (Å²) in [6.45, 7) is 0. The summed E-state index contributed by atoms with van der Waals surface area (Å²) in [7, 11) is -1.93. The predicted octanol–water partition coefficient (Wildman–Crippen LogP) is 0.406. The molecule has 19 heavy (non-hydrogen) atoms. The van der Waals surface area contributed by atoms with Gasteiger partial charge in [0.05, 0.1) is 29.8 Å². The Kier molecular flexibility index (Phi) is 2.44. The van der Waals surface area contributed by atoms with Crippen LogP contribution in [0.25, 0.3) is 16.6 Å². The zero-order valence-corrected chi connectivity index (χ0v) is 10.9. The van der Waals surface area contributed by atoms with Crippen molar-refractivity contribution in [3.63, 3.8) is 0 Å². The van der Waals surface area contributed by atoms with E-state index >= 15 is 0 Å². The van der Waals surface area contributed by atoms with Gasteiger partial charge in [-0.15, -0.1) is 0 Å². The molecule has 0 atom stereocenters. The zero-order chi connectivity index (χ0) is 13.6. The second kappa shape index (κ2) is 3.90. The molecule has 0 spiro atoms. The van der Waals surface area contributed by atoms with Crippen molar-refractivity contribution in [2.24, 2.45) is 12.2 Å². The lowest BCUT2D eigenvalue weighted by atomic mass is 10.2. The van der Waals surface area contributed by atoms with Crippen LogP contribution in [0.3, 0.4) is 0 Å². The highest BCUT2D eigenvalue weighted by atomic mass is 32.2. The Hall–Kier alpha value is -2.19. The van der Waals surface area contributed by atoms with Gasteiger partial charge in [-0.25, -0.2) is 18.2 Å². The first kappa shape index (κ1) is 11.9. The summed E-state index contributed by atoms with van der Waals surface area (Å²) in [6.07, 6.45) is 4.35. The molecule has 3 rings (SSSR count). The number of aromatic nitrogens is 4. The van der Waals surface area contributed by atoms with Crippen LogP contribution in [-0.2, 0) is 17.1 Å². The van der Waals surface area contributed by atoms with Gasteiger partial charge in [-0.3, -0.25) is 4.68 Å². The molecule has 0 aliphatic rings. The van der Waals surface area contributed by atoms with E-state index in [0.29, 0.717) is 0 Å². The number of hydrogen-bond donors (Lipinski definition) is 1. The van der Waals surface area contributed by atoms with Gasteiger partial charge in [0.1, 0.15) is 4.90 Å². The quantitative estimate of drug-likeness (QED) is 0.733. The van der Waals surface area contributed by atoms with E-state index < -0.39 is 10.0 Å². The number of benzene rings is 1. The standard InChI is InChI=1S/C11H11N5O2S/c1-15-11-8(5-13-15)3-2-4-10(11)16-7-9(6-14-16)19(12,17)18/h2-7H,1H3,(H2,12,17,18). The van der Waals surface area contributed by atoms with Crippen LogP contribution < -0.4 is 5.14 Å². The average molecular weight is 277 g/mol. The van der Waals surface area contributed by atoms with Gasteiger partial charge < -0.3 is 0 Å². The molecule has 8 heteroatoms. The van der Waals surface area contributed by atoms with Gasteiger partial charge in [-0.05, 0) is 6.07 Å². The minimum atomic E-state index is -3.75. The fourth-order valence-electron chi connectivity index (χ4n) is 1.98. The topological polar surface area (TPSA) is 95.8 Å². The Bertz CT molecular complexity index is 862. The Labute approximate surface area is 109 Å². The maximum absolute atomic E-state index is 11.3. The monoisotopic (exact) mass is 277 g/mol. The van der Waals surface area contributed by atoms with E-state index in [1.165, 1.54) is 17.1 Å². The molecule has 0 fully saturated rings. The number of hydrogen-bond acceptors (Lipinski definition) is 4. The van der Waals surface area contributed by atoms with E-state index in [0.717, 1.165) is 16.6 Å². The van der Waals surface area contributed by atoms with E-state index in [1.807, 2.05) is 25.2 Å². The number of fused-ring (bicyclic) bond motifs is 1. The predicted molar refractivity (Wildman–Crippen MR) is 69.2 cm³/mol. The van der Waals surface area contributed by atoms with E-state index in [4.69, 9.17) is 5.14 Å². The maximum Gasteiger partial charge on any atom is 0.241 e. The van der Waals surface area contributed by atoms with Gasteiger partial charge in [0.2, 0.25) is 10.0 Å². The minimum absolute atomic E-state index is 0.0216. The Balaban J connectivity index is 2.25. The van der Waals surface area contributed by atoms with Gasteiger partial charge >= 0.3 is 0 Å². The summed E-state index contributed by atoms with van der Waals surface area (Å²) in [4.78, 5) is -0.0216. The molecule has 0 aliphatic heterocycles. The SMILES string of the molecule is Cn1ncc2cccc(-n3cc(S(N)(=O)=O)cn3)c21. The Morgan fingerprint density at radius 2 is 2.00 bits per heavy atom. The van der Waals surface area contributed by atoms with E-state index in [-0.39, 0.29) is 4.90 Å². The van der Waals surface area contributed by atoms with Crippen molar-refractivity contribution < 1.29 is 8.42 Å². The smallest absolute Gasteiger partial charge is 0.241 e. The molecular weight excluding hydrogens is 266 g/mol. The van der Waals surface area contributed by atoms with Gasteiger partial charge in [0, 0.05) is 12.4 Å². The highest BCUT2D eigenvalue weighted by Gasteiger charge is 2.13. The lowest BCUT2D eigenvalue weighted by Crippen LogP contribution is -2.11. The number of sulfonamides is 1. The van der Waals surface area contributed by atoms with Crippen molar-refractivity contribution in [1.82, 2.24) is 19.6 Å². The van der Waals surface area contributed by atoms with Crippen LogP contribution in [0.4, 0.5) is 0 Å². The normalized spacial score (nSPS) is 12.1. The highest BCUT2D eigenvalue weighted by molar-refractivity contribution is 7.89. The van der Waals surface area contributed by atoms with E-state index in [2.05, 4.69) is 10.2 Å². The molecule has 0 saturated carbocycles. The van der Waals surface area contributed by atoms with Crippen LogP contribution in [0.15, 0.2) is 41.7 Å². The number of primary sulfonamides is 1. The molecule has 2 aromatic heterocycles. The molecule has 0 unspecified atom stereocenters. The fraction of sp³-hybridized carbons (Fsp3) is 0.0909. The van der Waals surface area contributed by atoms with Crippen LogP contribution in [0.1, 0.15) is 0 Å². The number of nitrogens with two attached hydrogens (primary N) is 1. The van der Waals surface area contributed by atoms with E-state index in [1.54, 1.807) is 10.9 Å². The second-order valence-electron chi connectivity index (χ2n) is 4.15. The van der Waals surface area contributed by atoms with Crippen molar-refractivity contribution in [1.29, 1.82) is 0 Å². The molecule has 2 heterocycles. The summed E-state index contributed by atoms with van der Waals surface area (Å²) in [6, 6.07) is 5.62. The van der Waals surface area contributed by atoms with Gasteiger partial charge in [-0.1, -0.05) is 12.1 Å². The largest absolute Gasteiger partial charge is 0.266 e. The first-order valence-electron chi connectivity index (χ1n) is 5.45. The number of nitrogens with zero attached hydrogens (tertiary/aromatic N) is 4. The third kappa shape index (κ3) is 1.90. The van der Waals surface area contributed by atoms with Crippen molar-refractivity contribution in [3.8, 4) is 5.69 Å². The van der Waals surface area contributed by atoms with E-state index in [9.17, 15) is 8.42 Å². The highest BCUT2D eigenvalue weighted by Crippen LogP contribution is 2.21. The summed E-state index contributed by atoms with van der Waals surface area (Å²) in [5.74, 6) is 0. The Morgan fingerprint density at radius 1 is 1.21 bits per heavy atom. The van der Waals surface area contributed by atoms with Crippen LogP contribution >= 0.6 is 0 Å². The molecule has 98 valence electrons. The number of rotatable bonds is 2. The molecule has 7 nitrogen and oxygen atoms in total. The molecule has 1 aromatic carbocycles. The first-order chi connectivity index (χ1) is 8.97. The molecule has 0 saturated heterocycles. The first-order valence-corrected chi connectivity index (χ1v) is 7.00. The molecule has 0 bridgehead atoms. The third-order valence-corrected chi connectivity index (χ3v) is 3.74. The maximum atomic E-state index is 11.3. The van der Waals surface area contributed by atoms with Crippen LogP contribution in [0.2, 0.25) is 0 Å². The number of aryl methyl sites for hydroxylation is 1. The average Bonchev–Trinajstić information content (AvgIpc) is 2.96. The van der Waals surface area contributed by atoms with Crippen LogP contribution in [0, 0.1) is 0 Å². The lowest BCUT2D eigenvalue weighted by Gasteiger charge is -2.04. The lowest BCUT2D eigenvalue weighted by molar-refractivity contribution is 0.598. The van der Waals surface area contributed by atoms with Gasteiger partial charge in [-0.2, -0.15) is 10.2 Å². The molecule has 0 amide bonds. The summed E-state index contributed by atoms with van der Waals surface area (Å²) in [5, 5.41) is 14.2. The molecule has 3 aromatic rings. The third-order valence-electron chi connectivity index (χ3n) is 2.87. The van der Waals surface area contributed by atoms with Crippen molar-refractivity contribution >= 4 is 20.9 Å². The van der Waals surface area contributed by atoms with Crippen LogP contribution in [-0.4, -0.2) is 28.0 Å². The van der Waals surface area contributed by atoms with Crippen LogP contribution in [0.5, 0.6) is 0 Å². The zero-order valence-electron chi connectivity index (χ0n) is 10.1. The second-order valence-corrected chi connectivity index (χ2v) is 5.71. The van der Waals surface area contributed by atoms with Crippen molar-refractivity contribution in [3.05, 3.63) is 36.8 Å². The van der Waals surface area contributed by atoms with Gasteiger partial charge in [0.15, 0.2) is 0 Å². The summed E-state index contributed by atoms with van der Waals surface area (Å²) in [5.41, 5.74) is 1.61. The molecule has 0 radical (unpaired) electrons. The number of para-hydroxylation sites is 1. The molecule has 0 aliphatic carbocycles. The fourth-order valence-corrected chi connectivity index (χ4v) is 2.42. The summed E-state index contributed by atoms with van der Waals surface area (Å²) >= 11 is 0.